The third kappa shape index (κ3) is 6.32. The number of benzene rings is 3. The molecule has 1 atom stereocenters. The molecule has 5 rings (SSSR count). The third-order valence-corrected chi connectivity index (χ3v) is 6.89. The fraction of sp³-hybridized carbons (Fsp3) is 0.242. The summed E-state index contributed by atoms with van der Waals surface area (Å²) in [5.74, 6) is 1.83. The maximum Gasteiger partial charge on any atom is 0.324 e. The molecule has 8 nitrogen and oxygen atoms in total. The minimum absolute atomic E-state index is 0.0962. The molecule has 0 aliphatic heterocycles. The van der Waals surface area contributed by atoms with Crippen molar-refractivity contribution in [2.45, 2.75) is 52.6 Å². The second-order valence-corrected chi connectivity index (χ2v) is 11.3. The molecule has 0 aliphatic rings. The highest BCUT2D eigenvalue weighted by atomic mass is 16.5. The number of nitrogens with one attached hydrogen (secondary N) is 2. The van der Waals surface area contributed by atoms with Crippen molar-refractivity contribution in [1.82, 2.24) is 14.8 Å². The molecule has 0 bridgehead atoms. The molecule has 2 heterocycles. The lowest BCUT2D eigenvalue weighted by molar-refractivity contribution is 0.225. The highest BCUT2D eigenvalue weighted by Crippen LogP contribution is 2.33. The molecule has 0 aliphatic carbocycles. The zero-order chi connectivity index (χ0) is 29.1. The van der Waals surface area contributed by atoms with E-state index >= 15 is 0 Å². The van der Waals surface area contributed by atoms with Gasteiger partial charge in [0.2, 0.25) is 0 Å². The smallest absolute Gasteiger partial charge is 0.324 e. The Balaban J connectivity index is 1.38. The molecule has 5 aromatic rings. The van der Waals surface area contributed by atoms with Gasteiger partial charge in [-0.2, -0.15) is 5.10 Å². The van der Waals surface area contributed by atoms with Gasteiger partial charge < -0.3 is 15.8 Å². The number of aryl methyl sites for hydroxylation is 1. The molecular weight excluding hydrogens is 512 g/mol. The van der Waals surface area contributed by atoms with Crippen LogP contribution in [0.5, 0.6) is 5.75 Å². The first-order valence-corrected chi connectivity index (χ1v) is 13.7. The van der Waals surface area contributed by atoms with Crippen molar-refractivity contribution in [1.29, 1.82) is 0 Å². The third-order valence-electron chi connectivity index (χ3n) is 6.89. The summed E-state index contributed by atoms with van der Waals surface area (Å²) in [4.78, 5) is 17.4. The highest BCUT2D eigenvalue weighted by molar-refractivity contribution is 6.07. The Bertz CT molecular complexity index is 1700. The number of rotatable bonds is 7. The number of hydrogen-bond acceptors (Lipinski definition) is 5. The molecule has 0 fully saturated rings. The van der Waals surface area contributed by atoms with Crippen LogP contribution in [0.2, 0.25) is 0 Å². The van der Waals surface area contributed by atoms with Crippen LogP contribution in [0.1, 0.15) is 44.5 Å². The minimum atomic E-state index is -0.359. The molecular formula is C33H36N6O2. The molecule has 0 saturated heterocycles. The number of carbonyl (C=O) groups excluding carboxylic acids is 1. The molecule has 3 aromatic carbocycles. The van der Waals surface area contributed by atoms with Crippen LogP contribution in [0, 0.1) is 6.92 Å². The van der Waals surface area contributed by atoms with Crippen molar-refractivity contribution in [3.05, 3.63) is 102 Å². The van der Waals surface area contributed by atoms with Gasteiger partial charge in [-0.25, -0.2) is 14.5 Å². The van der Waals surface area contributed by atoms with Gasteiger partial charge >= 0.3 is 6.03 Å². The van der Waals surface area contributed by atoms with E-state index in [0.29, 0.717) is 23.7 Å². The second-order valence-electron chi connectivity index (χ2n) is 11.3. The SMILES string of the molecule is Cc1ccccc1-n1nc(C(C)(C)C)cc1NC(=O)Nc1ccc(OC(C)Cc2ccnc(N)c2)c2ccccc12. The lowest BCUT2D eigenvalue weighted by atomic mass is 9.92. The van der Waals surface area contributed by atoms with E-state index in [-0.39, 0.29) is 17.6 Å². The molecule has 4 N–H and O–H groups in total. The Morgan fingerprint density at radius 3 is 2.44 bits per heavy atom. The van der Waals surface area contributed by atoms with Gasteiger partial charge in [-0.15, -0.1) is 0 Å². The van der Waals surface area contributed by atoms with Gasteiger partial charge in [0.1, 0.15) is 17.4 Å². The number of hydrogen-bond donors (Lipinski definition) is 3. The van der Waals surface area contributed by atoms with Gasteiger partial charge in [0.15, 0.2) is 0 Å². The normalized spacial score (nSPS) is 12.2. The van der Waals surface area contributed by atoms with Crippen molar-refractivity contribution in [3.63, 3.8) is 0 Å². The van der Waals surface area contributed by atoms with Crippen LogP contribution < -0.4 is 21.1 Å². The predicted octanol–water partition coefficient (Wildman–Crippen LogP) is 7.26. The second kappa shape index (κ2) is 11.3. The molecule has 210 valence electrons. The summed E-state index contributed by atoms with van der Waals surface area (Å²) < 4.78 is 8.13. The van der Waals surface area contributed by atoms with E-state index in [4.69, 9.17) is 15.6 Å². The fourth-order valence-electron chi connectivity index (χ4n) is 4.79. The van der Waals surface area contributed by atoms with E-state index < -0.39 is 0 Å². The summed E-state index contributed by atoms with van der Waals surface area (Å²) >= 11 is 0. The van der Waals surface area contributed by atoms with Gasteiger partial charge in [-0.3, -0.25) is 5.32 Å². The van der Waals surface area contributed by atoms with Gasteiger partial charge in [0.05, 0.1) is 23.2 Å². The molecule has 41 heavy (non-hydrogen) atoms. The summed E-state index contributed by atoms with van der Waals surface area (Å²) in [7, 11) is 0. The lowest BCUT2D eigenvalue weighted by Crippen LogP contribution is -2.21. The number of urea groups is 1. The van der Waals surface area contributed by atoms with Gasteiger partial charge in [-0.05, 0) is 55.3 Å². The first-order chi connectivity index (χ1) is 19.6. The summed E-state index contributed by atoms with van der Waals surface area (Å²) in [6.07, 6.45) is 2.30. The number of amides is 2. The Morgan fingerprint density at radius 1 is 0.976 bits per heavy atom. The number of para-hydroxylation sites is 1. The van der Waals surface area contributed by atoms with E-state index in [2.05, 4.69) is 36.4 Å². The number of nitrogens with zero attached hydrogens (tertiary/aromatic N) is 3. The van der Waals surface area contributed by atoms with Crippen molar-refractivity contribution in [2.75, 3.05) is 16.4 Å². The van der Waals surface area contributed by atoms with E-state index in [1.54, 1.807) is 10.9 Å². The summed E-state index contributed by atoms with van der Waals surface area (Å²) in [6, 6.07) is 25.0. The van der Waals surface area contributed by atoms with E-state index in [9.17, 15) is 4.79 Å². The Hall–Kier alpha value is -4.85. The van der Waals surface area contributed by atoms with Crippen molar-refractivity contribution >= 4 is 34.1 Å². The highest BCUT2D eigenvalue weighted by Gasteiger charge is 2.22. The van der Waals surface area contributed by atoms with Crippen LogP contribution in [0.15, 0.2) is 85.1 Å². The first-order valence-electron chi connectivity index (χ1n) is 13.7. The van der Waals surface area contributed by atoms with Gasteiger partial charge in [0, 0.05) is 34.9 Å². The quantitative estimate of drug-likeness (QED) is 0.198. The summed E-state index contributed by atoms with van der Waals surface area (Å²) in [5.41, 5.74) is 10.2. The van der Waals surface area contributed by atoms with E-state index in [1.165, 1.54) is 0 Å². The summed E-state index contributed by atoms with van der Waals surface area (Å²) in [6.45, 7) is 10.4. The fourth-order valence-corrected chi connectivity index (χ4v) is 4.79. The van der Waals surface area contributed by atoms with E-state index in [0.717, 1.165) is 39.0 Å². The monoisotopic (exact) mass is 548 g/mol. The van der Waals surface area contributed by atoms with Crippen molar-refractivity contribution in [2.24, 2.45) is 0 Å². The standard InChI is InChI=1S/C33H36N6O2/c1-21-10-6-9-13-27(21)39-31(20-29(38-39)33(3,4)5)37-32(40)36-26-14-15-28(25-12-8-7-11-24(25)26)41-22(2)18-23-16-17-35-30(34)19-23/h6-17,19-20,22H,18H2,1-5H3,(H2,34,35)(H2,36,37,40). The van der Waals surface area contributed by atoms with Crippen LogP contribution in [-0.2, 0) is 11.8 Å². The largest absolute Gasteiger partial charge is 0.490 e. The topological polar surface area (TPSA) is 107 Å². The lowest BCUT2D eigenvalue weighted by Gasteiger charge is -2.18. The van der Waals surface area contributed by atoms with Gasteiger partial charge in [0.25, 0.3) is 0 Å². The molecule has 2 amide bonds. The van der Waals surface area contributed by atoms with Crippen LogP contribution in [0.4, 0.5) is 22.1 Å². The van der Waals surface area contributed by atoms with Crippen LogP contribution in [0.25, 0.3) is 16.5 Å². The zero-order valence-corrected chi connectivity index (χ0v) is 24.1. The average Bonchev–Trinajstić information content (AvgIpc) is 3.34. The average molecular weight is 549 g/mol. The molecule has 0 radical (unpaired) electrons. The number of nitrogens with two attached hydrogens (primary N) is 1. The van der Waals surface area contributed by atoms with Crippen molar-refractivity contribution in [3.8, 4) is 11.4 Å². The number of nitrogen functional groups attached to an aromatic ring is 1. The molecule has 0 saturated carbocycles. The number of aromatic nitrogens is 3. The number of fused-ring (bicyclic) bond motifs is 1. The van der Waals surface area contributed by atoms with Crippen LogP contribution in [0.3, 0.4) is 0 Å². The number of pyridine rings is 1. The van der Waals surface area contributed by atoms with E-state index in [1.807, 2.05) is 92.7 Å². The molecule has 2 aromatic heterocycles. The number of anilines is 3. The zero-order valence-electron chi connectivity index (χ0n) is 24.1. The summed E-state index contributed by atoms with van der Waals surface area (Å²) in [5, 5.41) is 12.7. The first kappa shape index (κ1) is 27.7. The van der Waals surface area contributed by atoms with Crippen molar-refractivity contribution < 1.29 is 9.53 Å². The molecule has 8 heteroatoms. The van der Waals surface area contributed by atoms with Crippen LogP contribution >= 0.6 is 0 Å². The number of carbonyl (C=O) groups is 1. The Labute approximate surface area is 240 Å². The molecule has 1 unspecified atom stereocenters. The molecule has 0 spiro atoms. The van der Waals surface area contributed by atoms with Crippen LogP contribution in [-0.4, -0.2) is 26.9 Å². The predicted molar refractivity (Wildman–Crippen MR) is 166 cm³/mol. The Morgan fingerprint density at radius 2 is 1.71 bits per heavy atom. The maximum atomic E-state index is 13.3. The maximum absolute atomic E-state index is 13.3. The Kier molecular flexibility index (Phi) is 7.66. The number of ether oxygens (including phenoxy) is 1. The van der Waals surface area contributed by atoms with Gasteiger partial charge in [-0.1, -0.05) is 63.2 Å². The minimum Gasteiger partial charge on any atom is -0.490 e.